The van der Waals surface area contributed by atoms with Gasteiger partial charge in [0.05, 0.1) is 23.1 Å². The number of amides is 1. The summed E-state index contributed by atoms with van der Waals surface area (Å²) in [5.41, 5.74) is 5.16. The Balaban J connectivity index is 1.29. The van der Waals surface area contributed by atoms with Crippen LogP contribution in [0.5, 0.6) is 0 Å². The maximum atomic E-state index is 12.7. The summed E-state index contributed by atoms with van der Waals surface area (Å²) in [6, 6.07) is 10.3. The van der Waals surface area contributed by atoms with Crippen LogP contribution in [0.1, 0.15) is 33.8 Å². The van der Waals surface area contributed by atoms with Crippen molar-refractivity contribution in [2.24, 2.45) is 0 Å². The molecule has 1 aromatic carbocycles. The summed E-state index contributed by atoms with van der Waals surface area (Å²) in [5.74, 6) is -0.0746. The third-order valence-electron chi connectivity index (χ3n) is 5.66. The Labute approximate surface area is 190 Å². The predicted octanol–water partition coefficient (Wildman–Crippen LogP) is 3.63. The maximum absolute atomic E-state index is 12.7. The van der Waals surface area contributed by atoms with Crippen LogP contribution in [0.3, 0.4) is 0 Å². The summed E-state index contributed by atoms with van der Waals surface area (Å²) < 4.78 is 3.45. The van der Waals surface area contributed by atoms with Gasteiger partial charge in [-0.2, -0.15) is 5.10 Å². The van der Waals surface area contributed by atoms with Gasteiger partial charge in [0.1, 0.15) is 4.83 Å². The highest BCUT2D eigenvalue weighted by Crippen LogP contribution is 2.25. The van der Waals surface area contributed by atoms with E-state index < -0.39 is 0 Å². The van der Waals surface area contributed by atoms with Gasteiger partial charge < -0.3 is 5.32 Å². The number of rotatable bonds is 7. The van der Waals surface area contributed by atoms with E-state index in [2.05, 4.69) is 27.5 Å². The number of nitrogens with one attached hydrogen (secondary N) is 1. The second-order valence-electron chi connectivity index (χ2n) is 8.06. The minimum Gasteiger partial charge on any atom is -0.356 e. The predicted molar refractivity (Wildman–Crippen MR) is 128 cm³/mol. The number of carbonyl (C=O) groups is 1. The van der Waals surface area contributed by atoms with Crippen LogP contribution in [0.15, 0.2) is 41.5 Å². The van der Waals surface area contributed by atoms with E-state index in [9.17, 15) is 9.59 Å². The SMILES string of the molecule is Cc1cc(C)n(-c2ccc(CCNC(=O)CCn3cnc4sc(C)c(C)c4c3=O)cc2)n1. The fourth-order valence-corrected chi connectivity index (χ4v) is 4.77. The lowest BCUT2D eigenvalue weighted by molar-refractivity contribution is -0.121. The normalized spacial score (nSPS) is 11.2. The zero-order chi connectivity index (χ0) is 22.8. The lowest BCUT2D eigenvalue weighted by Gasteiger charge is -2.08. The number of aryl methyl sites for hydroxylation is 5. The van der Waals surface area contributed by atoms with E-state index in [-0.39, 0.29) is 17.9 Å². The van der Waals surface area contributed by atoms with Gasteiger partial charge in [-0.1, -0.05) is 12.1 Å². The summed E-state index contributed by atoms with van der Waals surface area (Å²) in [6.07, 6.45) is 2.52. The number of aromatic nitrogens is 4. The molecular weight excluding hydrogens is 422 g/mol. The Kier molecular flexibility index (Phi) is 6.23. The van der Waals surface area contributed by atoms with Crippen molar-refractivity contribution in [2.45, 2.75) is 47.1 Å². The van der Waals surface area contributed by atoms with Gasteiger partial charge in [0.15, 0.2) is 0 Å². The fourth-order valence-electron chi connectivity index (χ4n) is 3.78. The molecule has 4 aromatic rings. The molecule has 0 bridgehead atoms. The van der Waals surface area contributed by atoms with Gasteiger partial charge in [0, 0.05) is 30.1 Å². The summed E-state index contributed by atoms with van der Waals surface area (Å²) in [6.45, 7) is 8.82. The average Bonchev–Trinajstić information content (AvgIpc) is 3.26. The van der Waals surface area contributed by atoms with Crippen molar-refractivity contribution in [3.63, 3.8) is 0 Å². The minimum absolute atomic E-state index is 0.0746. The van der Waals surface area contributed by atoms with Crippen LogP contribution in [0, 0.1) is 27.7 Å². The molecule has 0 aliphatic rings. The molecule has 1 amide bonds. The number of hydrogen-bond donors (Lipinski definition) is 1. The monoisotopic (exact) mass is 449 g/mol. The average molecular weight is 450 g/mol. The molecule has 32 heavy (non-hydrogen) atoms. The molecule has 0 unspecified atom stereocenters. The van der Waals surface area contributed by atoms with Crippen LogP contribution in [-0.4, -0.2) is 31.8 Å². The lowest BCUT2D eigenvalue weighted by Crippen LogP contribution is -2.29. The molecule has 7 nitrogen and oxygen atoms in total. The van der Waals surface area contributed by atoms with Crippen LogP contribution in [0.4, 0.5) is 0 Å². The van der Waals surface area contributed by atoms with Gasteiger partial charge in [0.25, 0.3) is 5.56 Å². The summed E-state index contributed by atoms with van der Waals surface area (Å²) in [4.78, 5) is 31.2. The zero-order valence-corrected chi connectivity index (χ0v) is 19.6. The lowest BCUT2D eigenvalue weighted by atomic mass is 10.1. The third kappa shape index (κ3) is 4.50. The number of fused-ring (bicyclic) bond motifs is 1. The van der Waals surface area contributed by atoms with E-state index in [4.69, 9.17) is 0 Å². The molecule has 3 aromatic heterocycles. The Morgan fingerprint density at radius 3 is 2.56 bits per heavy atom. The van der Waals surface area contributed by atoms with Gasteiger partial charge in [0.2, 0.25) is 5.91 Å². The number of hydrogen-bond acceptors (Lipinski definition) is 5. The van der Waals surface area contributed by atoms with Crippen LogP contribution in [0.2, 0.25) is 0 Å². The molecule has 0 atom stereocenters. The van der Waals surface area contributed by atoms with Crippen molar-refractivity contribution in [3.8, 4) is 5.69 Å². The van der Waals surface area contributed by atoms with Gasteiger partial charge >= 0.3 is 0 Å². The molecular formula is C24H27N5O2S. The van der Waals surface area contributed by atoms with E-state index in [0.29, 0.717) is 18.5 Å². The Bertz CT molecular complexity index is 1330. The Hall–Kier alpha value is -3.26. The van der Waals surface area contributed by atoms with Gasteiger partial charge in [-0.3, -0.25) is 14.2 Å². The van der Waals surface area contributed by atoms with Crippen LogP contribution in [0.25, 0.3) is 15.9 Å². The molecule has 0 saturated carbocycles. The maximum Gasteiger partial charge on any atom is 0.262 e. The fraction of sp³-hybridized carbons (Fsp3) is 0.333. The minimum atomic E-state index is -0.0765. The smallest absolute Gasteiger partial charge is 0.262 e. The molecule has 0 spiro atoms. The van der Waals surface area contributed by atoms with Crippen molar-refractivity contribution in [1.29, 1.82) is 0 Å². The third-order valence-corrected chi connectivity index (χ3v) is 6.78. The summed E-state index contributed by atoms with van der Waals surface area (Å²) in [7, 11) is 0. The van der Waals surface area contributed by atoms with Crippen molar-refractivity contribution in [3.05, 3.63) is 74.4 Å². The Morgan fingerprint density at radius 2 is 1.88 bits per heavy atom. The highest BCUT2D eigenvalue weighted by molar-refractivity contribution is 7.18. The van der Waals surface area contributed by atoms with Crippen LogP contribution in [-0.2, 0) is 17.8 Å². The largest absolute Gasteiger partial charge is 0.356 e. The number of thiophene rings is 1. The summed E-state index contributed by atoms with van der Waals surface area (Å²) in [5, 5.41) is 8.11. The molecule has 1 N–H and O–H groups in total. The van der Waals surface area contributed by atoms with Crippen LogP contribution >= 0.6 is 11.3 Å². The molecule has 0 saturated heterocycles. The standard InChI is InChI=1S/C24H27N5O2S/c1-15-13-16(2)29(27-15)20-7-5-19(6-8-20)9-11-25-21(30)10-12-28-14-26-23-22(24(28)31)17(3)18(4)32-23/h5-8,13-14H,9-12H2,1-4H3,(H,25,30). The number of nitrogens with zero attached hydrogens (tertiary/aromatic N) is 4. The number of carbonyl (C=O) groups excluding carboxylic acids is 1. The first kappa shape index (κ1) is 22.0. The van der Waals surface area contributed by atoms with Gasteiger partial charge in [-0.15, -0.1) is 11.3 Å². The van der Waals surface area contributed by atoms with Crippen molar-refractivity contribution >= 4 is 27.5 Å². The van der Waals surface area contributed by atoms with Crippen molar-refractivity contribution in [1.82, 2.24) is 24.6 Å². The van der Waals surface area contributed by atoms with E-state index in [1.165, 1.54) is 22.2 Å². The Morgan fingerprint density at radius 1 is 1.12 bits per heavy atom. The first-order valence-electron chi connectivity index (χ1n) is 10.7. The zero-order valence-electron chi connectivity index (χ0n) is 18.8. The van der Waals surface area contributed by atoms with E-state index >= 15 is 0 Å². The van der Waals surface area contributed by atoms with Crippen molar-refractivity contribution < 1.29 is 4.79 Å². The quantitative estimate of drug-likeness (QED) is 0.467. The van der Waals surface area contributed by atoms with Crippen molar-refractivity contribution in [2.75, 3.05) is 6.54 Å². The molecule has 8 heteroatoms. The number of benzene rings is 1. The highest BCUT2D eigenvalue weighted by atomic mass is 32.1. The molecule has 0 fully saturated rings. The van der Waals surface area contributed by atoms with E-state index in [0.717, 1.165) is 44.3 Å². The first-order valence-corrected chi connectivity index (χ1v) is 11.5. The van der Waals surface area contributed by atoms with Gasteiger partial charge in [-0.05, 0) is 63.4 Å². The highest BCUT2D eigenvalue weighted by Gasteiger charge is 2.12. The molecule has 166 valence electrons. The first-order chi connectivity index (χ1) is 15.3. The van der Waals surface area contributed by atoms with Crippen LogP contribution < -0.4 is 10.9 Å². The summed E-state index contributed by atoms with van der Waals surface area (Å²) >= 11 is 1.53. The molecule has 0 radical (unpaired) electrons. The van der Waals surface area contributed by atoms with E-state index in [1.807, 2.05) is 50.6 Å². The van der Waals surface area contributed by atoms with Gasteiger partial charge in [-0.25, -0.2) is 9.67 Å². The van der Waals surface area contributed by atoms with E-state index in [1.54, 1.807) is 0 Å². The molecule has 3 heterocycles. The topological polar surface area (TPSA) is 81.8 Å². The molecule has 0 aliphatic heterocycles. The second-order valence-corrected chi connectivity index (χ2v) is 9.27. The second kappa shape index (κ2) is 9.08. The molecule has 4 rings (SSSR count). The molecule has 0 aliphatic carbocycles.